The highest BCUT2D eigenvalue weighted by Gasteiger charge is 2.12. The Bertz CT molecular complexity index is 734. The number of nitrogens with one attached hydrogen (secondary N) is 1. The second-order valence-electron chi connectivity index (χ2n) is 5.05. The van der Waals surface area contributed by atoms with Crippen LogP contribution in [0.3, 0.4) is 0 Å². The van der Waals surface area contributed by atoms with Gasteiger partial charge >= 0.3 is 5.69 Å². The van der Waals surface area contributed by atoms with Crippen molar-refractivity contribution in [2.24, 2.45) is 0 Å². The van der Waals surface area contributed by atoms with E-state index in [0.717, 1.165) is 29.7 Å². The largest absolute Gasteiger partial charge is 0.348 e. The number of nitrogens with zero attached hydrogens (tertiary/aromatic N) is 2. The van der Waals surface area contributed by atoms with E-state index in [1.165, 1.54) is 5.56 Å². The Kier molecular flexibility index (Phi) is 4.58. The molecule has 4 nitrogen and oxygen atoms in total. The average Bonchev–Trinajstić information content (AvgIpc) is 2.89. The summed E-state index contributed by atoms with van der Waals surface area (Å²) in [6, 6.07) is 7.95. The molecule has 0 saturated heterocycles. The number of aromatic amines is 1. The Hall–Kier alpha value is -2.36. The molecule has 2 rings (SSSR count). The predicted molar refractivity (Wildman–Crippen MR) is 86.6 cm³/mol. The number of hydrogen-bond donors (Lipinski definition) is 1. The fourth-order valence-corrected chi connectivity index (χ4v) is 2.19. The molecule has 1 aromatic heterocycles. The Morgan fingerprint density at radius 3 is 2.86 bits per heavy atom. The van der Waals surface area contributed by atoms with Gasteiger partial charge in [-0.3, -0.25) is 0 Å². The fourth-order valence-electron chi connectivity index (χ4n) is 2.19. The third-order valence-corrected chi connectivity index (χ3v) is 3.48. The molecule has 0 aliphatic heterocycles. The minimum atomic E-state index is -0.229. The van der Waals surface area contributed by atoms with Gasteiger partial charge in [-0.15, -0.1) is 0 Å². The van der Waals surface area contributed by atoms with Crippen molar-refractivity contribution in [1.82, 2.24) is 14.8 Å². The van der Waals surface area contributed by atoms with Crippen LogP contribution in [-0.4, -0.2) is 14.8 Å². The molecule has 4 heteroatoms. The predicted octanol–water partition coefficient (Wildman–Crippen LogP) is 3.49. The molecule has 2 aromatic rings. The van der Waals surface area contributed by atoms with E-state index in [-0.39, 0.29) is 5.69 Å². The van der Waals surface area contributed by atoms with E-state index >= 15 is 0 Å². The first-order valence-corrected chi connectivity index (χ1v) is 7.20. The van der Waals surface area contributed by atoms with E-state index in [4.69, 9.17) is 0 Å². The van der Waals surface area contributed by atoms with Gasteiger partial charge in [0.2, 0.25) is 0 Å². The Morgan fingerprint density at radius 2 is 2.19 bits per heavy atom. The fraction of sp³-hybridized carbons (Fsp3) is 0.294. The smallest absolute Gasteiger partial charge is 0.246 e. The van der Waals surface area contributed by atoms with Gasteiger partial charge < -0.3 is 0 Å². The second kappa shape index (κ2) is 6.39. The number of benzene rings is 1. The van der Waals surface area contributed by atoms with Crippen LogP contribution in [0.4, 0.5) is 0 Å². The monoisotopic (exact) mass is 283 g/mol. The van der Waals surface area contributed by atoms with Gasteiger partial charge in [-0.05, 0) is 43.0 Å². The van der Waals surface area contributed by atoms with Gasteiger partial charge in [0.25, 0.3) is 0 Å². The van der Waals surface area contributed by atoms with Gasteiger partial charge in [0, 0.05) is 0 Å². The lowest BCUT2D eigenvalue weighted by Gasteiger charge is -2.08. The first kappa shape index (κ1) is 15.0. The lowest BCUT2D eigenvalue weighted by molar-refractivity contribution is 0.964. The number of aryl methyl sites for hydroxylation is 1. The lowest BCUT2D eigenvalue weighted by Crippen LogP contribution is -2.16. The summed E-state index contributed by atoms with van der Waals surface area (Å²) in [4.78, 5) is 12.1. The van der Waals surface area contributed by atoms with Gasteiger partial charge in [-0.2, -0.15) is 5.10 Å². The summed E-state index contributed by atoms with van der Waals surface area (Å²) in [7, 11) is 0. The highest BCUT2D eigenvalue weighted by molar-refractivity contribution is 5.62. The number of rotatable bonds is 5. The standard InChI is InChI=1S/C17H21N3O/c1-5-12(3)10-13(4)16-18-19-17(21)20(16)15-9-7-8-14(6-2)11-15/h7-11H,3,5-6H2,1-2,4H3,(H,19,21)/b13-10+. The Labute approximate surface area is 124 Å². The van der Waals surface area contributed by atoms with Crippen LogP contribution in [0.15, 0.2) is 47.3 Å². The molecule has 1 heterocycles. The first-order valence-electron chi connectivity index (χ1n) is 7.20. The third-order valence-electron chi connectivity index (χ3n) is 3.48. The highest BCUT2D eigenvalue weighted by atomic mass is 16.1. The number of H-pyrrole nitrogens is 1. The molecule has 0 amide bonds. The molecule has 1 N–H and O–H groups in total. The quantitative estimate of drug-likeness (QED) is 0.854. The molecular weight excluding hydrogens is 262 g/mol. The maximum atomic E-state index is 12.1. The van der Waals surface area contributed by atoms with E-state index in [1.54, 1.807) is 4.57 Å². The van der Waals surface area contributed by atoms with Crippen LogP contribution in [0.25, 0.3) is 11.3 Å². The van der Waals surface area contributed by atoms with Crippen LogP contribution < -0.4 is 5.69 Å². The van der Waals surface area contributed by atoms with Crippen LogP contribution >= 0.6 is 0 Å². The maximum Gasteiger partial charge on any atom is 0.348 e. The molecule has 0 radical (unpaired) electrons. The molecule has 21 heavy (non-hydrogen) atoms. The summed E-state index contributed by atoms with van der Waals surface area (Å²) in [5.41, 5.74) is 3.72. The van der Waals surface area contributed by atoms with Crippen molar-refractivity contribution < 1.29 is 0 Å². The minimum Gasteiger partial charge on any atom is -0.246 e. The van der Waals surface area contributed by atoms with Gasteiger partial charge in [0.05, 0.1) is 5.69 Å². The molecule has 0 saturated carbocycles. The molecule has 0 atom stereocenters. The molecule has 1 aromatic carbocycles. The van der Waals surface area contributed by atoms with E-state index in [2.05, 4.69) is 36.7 Å². The molecule has 0 bridgehead atoms. The van der Waals surface area contributed by atoms with Crippen LogP contribution in [0.5, 0.6) is 0 Å². The summed E-state index contributed by atoms with van der Waals surface area (Å²) in [6.45, 7) is 10.1. The summed E-state index contributed by atoms with van der Waals surface area (Å²) < 4.78 is 1.61. The Morgan fingerprint density at radius 1 is 1.43 bits per heavy atom. The molecule has 0 aliphatic carbocycles. The SMILES string of the molecule is C=C(/C=C(\C)c1n[nH]c(=O)n1-c1cccc(CC)c1)CC. The van der Waals surface area contributed by atoms with Crippen molar-refractivity contribution in [1.29, 1.82) is 0 Å². The minimum absolute atomic E-state index is 0.229. The van der Waals surface area contributed by atoms with Gasteiger partial charge in [0.1, 0.15) is 0 Å². The van der Waals surface area contributed by atoms with Crippen molar-refractivity contribution in [2.75, 3.05) is 0 Å². The van der Waals surface area contributed by atoms with Crippen molar-refractivity contribution in [3.63, 3.8) is 0 Å². The van der Waals surface area contributed by atoms with Gasteiger partial charge in [-0.1, -0.05) is 44.2 Å². The van der Waals surface area contributed by atoms with E-state index < -0.39 is 0 Å². The second-order valence-corrected chi connectivity index (χ2v) is 5.05. The van der Waals surface area contributed by atoms with E-state index in [9.17, 15) is 4.79 Å². The summed E-state index contributed by atoms with van der Waals surface area (Å²) in [6.07, 6.45) is 3.77. The number of hydrogen-bond acceptors (Lipinski definition) is 2. The number of allylic oxidation sites excluding steroid dienone is 3. The van der Waals surface area contributed by atoms with E-state index in [0.29, 0.717) is 5.82 Å². The maximum absolute atomic E-state index is 12.1. The van der Waals surface area contributed by atoms with E-state index in [1.807, 2.05) is 31.2 Å². The zero-order valence-electron chi connectivity index (χ0n) is 12.8. The van der Waals surface area contributed by atoms with Crippen LogP contribution in [0.2, 0.25) is 0 Å². The van der Waals surface area contributed by atoms with Gasteiger partial charge in [0.15, 0.2) is 5.82 Å². The molecular formula is C17H21N3O. The summed E-state index contributed by atoms with van der Waals surface area (Å²) in [5, 5.41) is 6.68. The zero-order valence-corrected chi connectivity index (χ0v) is 12.8. The van der Waals surface area contributed by atoms with Crippen molar-refractivity contribution in [3.05, 3.63) is 64.4 Å². The first-order chi connectivity index (χ1) is 10.1. The lowest BCUT2D eigenvalue weighted by atomic mass is 10.1. The third kappa shape index (κ3) is 3.21. The molecule has 0 aliphatic rings. The van der Waals surface area contributed by atoms with Crippen LogP contribution in [-0.2, 0) is 6.42 Å². The normalized spacial score (nSPS) is 11.7. The van der Waals surface area contributed by atoms with Gasteiger partial charge in [-0.25, -0.2) is 14.5 Å². The average molecular weight is 283 g/mol. The molecule has 110 valence electrons. The van der Waals surface area contributed by atoms with Crippen LogP contribution in [0, 0.1) is 0 Å². The van der Waals surface area contributed by atoms with Crippen LogP contribution in [0.1, 0.15) is 38.6 Å². The van der Waals surface area contributed by atoms with Crippen molar-refractivity contribution >= 4 is 5.57 Å². The zero-order chi connectivity index (χ0) is 15.4. The molecule has 0 unspecified atom stereocenters. The molecule has 0 fully saturated rings. The highest BCUT2D eigenvalue weighted by Crippen LogP contribution is 2.17. The topological polar surface area (TPSA) is 50.7 Å². The summed E-state index contributed by atoms with van der Waals surface area (Å²) in [5.74, 6) is 0.628. The molecule has 0 spiro atoms. The van der Waals surface area contributed by atoms with Crippen molar-refractivity contribution in [3.8, 4) is 5.69 Å². The Balaban J connectivity index is 2.55. The van der Waals surface area contributed by atoms with Crippen molar-refractivity contribution in [2.45, 2.75) is 33.6 Å². The summed E-state index contributed by atoms with van der Waals surface area (Å²) >= 11 is 0. The number of aromatic nitrogens is 3.